The van der Waals surface area contributed by atoms with Crippen LogP contribution in [0.4, 0.5) is 0 Å². The van der Waals surface area contributed by atoms with Gasteiger partial charge in [0.15, 0.2) is 11.5 Å². The van der Waals surface area contributed by atoms with E-state index in [1.807, 2.05) is 19.1 Å². The molecule has 1 aromatic rings. The zero-order valence-corrected chi connectivity index (χ0v) is 17.1. The molecule has 0 aliphatic heterocycles. The van der Waals surface area contributed by atoms with Crippen LogP contribution in [-0.2, 0) is 4.79 Å². The van der Waals surface area contributed by atoms with Crippen molar-refractivity contribution in [3.63, 3.8) is 0 Å². The molecule has 2 saturated carbocycles. The maximum atomic E-state index is 12.4. The molecule has 0 aromatic heterocycles. The summed E-state index contributed by atoms with van der Waals surface area (Å²) in [5.41, 5.74) is 3.80. The van der Waals surface area contributed by atoms with Crippen molar-refractivity contribution in [1.82, 2.24) is 5.43 Å². The lowest BCUT2D eigenvalue weighted by atomic mass is 9.90. The van der Waals surface area contributed by atoms with Crippen LogP contribution in [-0.4, -0.2) is 25.8 Å². The van der Waals surface area contributed by atoms with E-state index < -0.39 is 0 Å². The molecule has 2 aliphatic rings. The summed E-state index contributed by atoms with van der Waals surface area (Å²) in [5, 5.41) is 4.16. The third-order valence-electron chi connectivity index (χ3n) is 5.54. The van der Waals surface area contributed by atoms with Gasteiger partial charge < -0.3 is 9.47 Å². The minimum atomic E-state index is 0.0539. The van der Waals surface area contributed by atoms with Crippen molar-refractivity contribution in [3.05, 3.63) is 21.3 Å². The molecule has 0 bridgehead atoms. The lowest BCUT2D eigenvalue weighted by Crippen LogP contribution is -2.22. The number of rotatable bonds is 6. The topological polar surface area (TPSA) is 59.9 Å². The number of hydrogen-bond acceptors (Lipinski definition) is 4. The zero-order chi connectivity index (χ0) is 18.0. The number of ether oxygens (including phenoxy) is 2. The first-order chi connectivity index (χ1) is 12.0. The normalized spacial score (nSPS) is 27.7. The van der Waals surface area contributed by atoms with Crippen LogP contribution in [0.25, 0.3) is 0 Å². The number of hydrazone groups is 1. The molecule has 25 heavy (non-hydrogen) atoms. The minimum absolute atomic E-state index is 0.0539. The molecule has 3 rings (SSSR count). The average Bonchev–Trinajstić information content (AvgIpc) is 3.22. The first-order valence-electron chi connectivity index (χ1n) is 8.84. The van der Waals surface area contributed by atoms with E-state index in [1.54, 1.807) is 13.3 Å². The van der Waals surface area contributed by atoms with E-state index in [9.17, 15) is 4.79 Å². The van der Waals surface area contributed by atoms with Crippen molar-refractivity contribution >= 4 is 34.7 Å². The molecular formula is C19H25IN2O3. The quantitative estimate of drug-likeness (QED) is 0.401. The fourth-order valence-electron chi connectivity index (χ4n) is 4.19. The number of methoxy groups -OCH3 is 1. The number of nitrogens with one attached hydrogen (secondary N) is 1. The zero-order valence-electron chi connectivity index (χ0n) is 15.0. The smallest absolute Gasteiger partial charge is 0.244 e. The third-order valence-corrected chi connectivity index (χ3v) is 6.34. The van der Waals surface area contributed by atoms with E-state index in [1.165, 1.54) is 19.3 Å². The van der Waals surface area contributed by atoms with E-state index in [0.717, 1.165) is 21.3 Å². The van der Waals surface area contributed by atoms with Crippen molar-refractivity contribution in [2.75, 3.05) is 13.7 Å². The number of nitrogens with zero attached hydrogens (tertiary/aromatic N) is 1. The van der Waals surface area contributed by atoms with Gasteiger partial charge in [-0.25, -0.2) is 5.43 Å². The summed E-state index contributed by atoms with van der Waals surface area (Å²) in [6.45, 7) is 4.76. The number of carbonyl (C=O) groups is 1. The van der Waals surface area contributed by atoms with Gasteiger partial charge in [0.2, 0.25) is 5.91 Å². The summed E-state index contributed by atoms with van der Waals surface area (Å²) in [4.78, 5) is 12.4. The highest BCUT2D eigenvalue weighted by Crippen LogP contribution is 2.66. The molecule has 1 aromatic carbocycles. The van der Waals surface area contributed by atoms with E-state index in [0.29, 0.717) is 18.3 Å². The molecule has 0 unspecified atom stereocenters. The summed E-state index contributed by atoms with van der Waals surface area (Å²) in [6, 6.07) is 3.82. The van der Waals surface area contributed by atoms with Gasteiger partial charge >= 0.3 is 0 Å². The van der Waals surface area contributed by atoms with Crippen LogP contribution < -0.4 is 14.9 Å². The number of hydrogen-bond donors (Lipinski definition) is 1. The van der Waals surface area contributed by atoms with Gasteiger partial charge in [0, 0.05) is 5.92 Å². The Hall–Kier alpha value is -1.31. The van der Waals surface area contributed by atoms with Crippen LogP contribution in [0.15, 0.2) is 17.2 Å². The molecule has 0 spiro atoms. The van der Waals surface area contributed by atoms with Crippen molar-refractivity contribution in [2.45, 2.75) is 39.5 Å². The Labute approximate surface area is 162 Å². The van der Waals surface area contributed by atoms with Crippen molar-refractivity contribution in [3.8, 4) is 11.5 Å². The molecule has 0 saturated heterocycles. The standard InChI is InChI=1S/C19H25IN2O3/c1-4-25-17-14(20)9-12(10-15(17)24-3)11-21-22-18(23)16-13-7-5-6-8-19(13,16)2/h9-11,13,16H,4-8H2,1-3H3,(H,22,23)/b21-11-/t13-,16-,19+/m0/s1. The number of carbonyl (C=O) groups excluding carboxylic acids is 1. The first kappa shape index (κ1) is 18.5. The second-order valence-electron chi connectivity index (χ2n) is 7.04. The van der Waals surface area contributed by atoms with Crippen LogP contribution in [0.2, 0.25) is 0 Å². The van der Waals surface area contributed by atoms with Crippen LogP contribution in [0.3, 0.4) is 0 Å². The van der Waals surface area contributed by atoms with Crippen molar-refractivity contribution < 1.29 is 14.3 Å². The fraction of sp³-hybridized carbons (Fsp3) is 0.579. The van der Waals surface area contributed by atoms with Gasteiger partial charge in [0.25, 0.3) is 0 Å². The van der Waals surface area contributed by atoms with Crippen molar-refractivity contribution in [1.29, 1.82) is 0 Å². The molecule has 6 heteroatoms. The van der Waals surface area contributed by atoms with Gasteiger partial charge in [0.1, 0.15) is 0 Å². The lowest BCUT2D eigenvalue weighted by Gasteiger charge is -2.15. The first-order valence-corrected chi connectivity index (χ1v) is 9.92. The number of benzene rings is 1. The highest BCUT2D eigenvalue weighted by molar-refractivity contribution is 14.1. The highest BCUT2D eigenvalue weighted by atomic mass is 127. The number of fused-ring (bicyclic) bond motifs is 1. The SMILES string of the molecule is CCOc1c(I)cc(/C=N\NC(=O)[C@@H]2[C@@H]3CCCC[C@@]23C)cc1OC. The van der Waals surface area contributed by atoms with Gasteiger partial charge in [-0.2, -0.15) is 5.10 Å². The molecule has 1 N–H and O–H groups in total. The maximum Gasteiger partial charge on any atom is 0.244 e. The van der Waals surface area contributed by atoms with Crippen molar-refractivity contribution in [2.24, 2.45) is 22.4 Å². The van der Waals surface area contributed by atoms with Crippen LogP contribution in [0.5, 0.6) is 11.5 Å². The van der Waals surface area contributed by atoms with Crippen LogP contribution in [0.1, 0.15) is 45.1 Å². The molecule has 1 amide bonds. The Morgan fingerprint density at radius 2 is 2.28 bits per heavy atom. The summed E-state index contributed by atoms with van der Waals surface area (Å²) < 4.78 is 12.0. The lowest BCUT2D eigenvalue weighted by molar-refractivity contribution is -0.123. The van der Waals surface area contributed by atoms with Gasteiger partial charge in [-0.05, 0) is 71.4 Å². The van der Waals surface area contributed by atoms with E-state index in [-0.39, 0.29) is 17.2 Å². The van der Waals surface area contributed by atoms with E-state index >= 15 is 0 Å². The average molecular weight is 456 g/mol. The van der Waals surface area contributed by atoms with E-state index in [4.69, 9.17) is 9.47 Å². The van der Waals surface area contributed by atoms with Gasteiger partial charge in [-0.3, -0.25) is 4.79 Å². The fourth-order valence-corrected chi connectivity index (χ4v) is 4.97. The monoisotopic (exact) mass is 456 g/mol. The molecule has 0 heterocycles. The summed E-state index contributed by atoms with van der Waals surface area (Å²) >= 11 is 2.21. The molecule has 2 fully saturated rings. The predicted molar refractivity (Wildman–Crippen MR) is 106 cm³/mol. The Morgan fingerprint density at radius 1 is 1.48 bits per heavy atom. The molecular weight excluding hydrogens is 431 g/mol. The maximum absolute atomic E-state index is 12.4. The Morgan fingerprint density at radius 3 is 2.92 bits per heavy atom. The number of halogens is 1. The molecule has 0 radical (unpaired) electrons. The summed E-state index contributed by atoms with van der Waals surface area (Å²) in [7, 11) is 1.62. The summed E-state index contributed by atoms with van der Waals surface area (Å²) in [6.07, 6.45) is 6.48. The molecule has 3 atom stereocenters. The Kier molecular flexibility index (Phi) is 5.55. The minimum Gasteiger partial charge on any atom is -0.493 e. The second-order valence-corrected chi connectivity index (χ2v) is 8.20. The molecule has 136 valence electrons. The Balaban J connectivity index is 1.64. The molecule has 2 aliphatic carbocycles. The Bertz CT molecular complexity index is 691. The van der Waals surface area contributed by atoms with Crippen LogP contribution in [0, 0.1) is 20.8 Å². The van der Waals surface area contributed by atoms with Gasteiger partial charge in [-0.1, -0.05) is 19.8 Å². The largest absolute Gasteiger partial charge is 0.493 e. The molecule has 5 nitrogen and oxygen atoms in total. The second kappa shape index (κ2) is 7.51. The van der Waals surface area contributed by atoms with Gasteiger partial charge in [-0.15, -0.1) is 0 Å². The summed E-state index contributed by atoms with van der Waals surface area (Å²) in [5.74, 6) is 2.13. The van der Waals surface area contributed by atoms with E-state index in [2.05, 4.69) is 40.0 Å². The van der Waals surface area contributed by atoms with Crippen LogP contribution >= 0.6 is 22.6 Å². The highest BCUT2D eigenvalue weighted by Gasteiger charge is 2.64. The number of amides is 1. The predicted octanol–water partition coefficient (Wildman–Crippen LogP) is 3.97. The third kappa shape index (κ3) is 3.64. The van der Waals surface area contributed by atoms with Gasteiger partial charge in [0.05, 0.1) is 23.5 Å².